The molecule has 2 aromatic carbocycles. The van der Waals surface area contributed by atoms with Crippen LogP contribution < -0.4 is 10.6 Å². The van der Waals surface area contributed by atoms with E-state index >= 15 is 0 Å². The molecule has 0 aliphatic carbocycles. The van der Waals surface area contributed by atoms with Crippen molar-refractivity contribution in [1.82, 2.24) is 30.4 Å². The first-order chi connectivity index (χ1) is 19.8. The molecule has 2 aromatic heterocycles. The van der Waals surface area contributed by atoms with Crippen LogP contribution in [0.4, 0.5) is 11.6 Å². The Hall–Kier alpha value is -2.94. The van der Waals surface area contributed by atoms with Crippen molar-refractivity contribution in [1.29, 1.82) is 0 Å². The van der Waals surface area contributed by atoms with Gasteiger partial charge in [-0.15, -0.1) is 20.4 Å². The van der Waals surface area contributed by atoms with Crippen LogP contribution >= 0.6 is 69.9 Å². The second kappa shape index (κ2) is 16.5. The predicted molar refractivity (Wildman–Crippen MR) is 166 cm³/mol. The molecule has 0 unspecified atom stereocenters. The van der Waals surface area contributed by atoms with Gasteiger partial charge in [0.25, 0.3) is 0 Å². The Kier molecular flexibility index (Phi) is 13.1. The lowest BCUT2D eigenvalue weighted by molar-refractivity contribution is 0.111. The van der Waals surface area contributed by atoms with Crippen molar-refractivity contribution >= 4 is 94.1 Å². The lowest BCUT2D eigenvalue weighted by atomic mass is 10.2. The summed E-state index contributed by atoms with van der Waals surface area (Å²) in [5.74, 6) is 0.837. The molecule has 214 valence electrons. The summed E-state index contributed by atoms with van der Waals surface area (Å²) in [5, 5.41) is 36.4. The number of carbonyl (C=O) groups is 1. The maximum atomic E-state index is 10.9. The van der Waals surface area contributed by atoms with E-state index in [1.807, 2.05) is 24.6 Å². The summed E-state index contributed by atoms with van der Waals surface area (Å²) in [6, 6.07) is 10.5. The first-order valence-electron chi connectivity index (χ1n) is 11.3. The average Bonchev–Trinajstić information content (AvgIpc) is 2.97. The van der Waals surface area contributed by atoms with Gasteiger partial charge in [0.1, 0.15) is 5.69 Å². The van der Waals surface area contributed by atoms with Crippen LogP contribution in [0.3, 0.4) is 0 Å². The molecular formula is C24H21Cl4N9O2S2. The summed E-state index contributed by atoms with van der Waals surface area (Å²) in [6.07, 6.45) is 5.44. The van der Waals surface area contributed by atoms with Gasteiger partial charge >= 0.3 is 0 Å². The molecule has 0 spiro atoms. The summed E-state index contributed by atoms with van der Waals surface area (Å²) in [7, 11) is 0. The van der Waals surface area contributed by atoms with E-state index < -0.39 is 0 Å². The van der Waals surface area contributed by atoms with Gasteiger partial charge in [0, 0.05) is 33.2 Å². The number of aldehydes is 1. The number of halogens is 4. The van der Waals surface area contributed by atoms with Gasteiger partial charge in [-0.05, 0) is 47.9 Å². The van der Waals surface area contributed by atoms with Crippen molar-refractivity contribution in [2.75, 3.05) is 23.1 Å². The molecule has 17 heteroatoms. The third kappa shape index (κ3) is 9.83. The Balaban J connectivity index is 0.000000226. The summed E-state index contributed by atoms with van der Waals surface area (Å²) in [6.45, 7) is 0.831. The van der Waals surface area contributed by atoms with Gasteiger partial charge in [0.2, 0.25) is 10.3 Å². The van der Waals surface area contributed by atoms with Gasteiger partial charge in [-0.25, -0.2) is 9.97 Å². The average molecular weight is 673 g/mol. The molecule has 0 amide bonds. The van der Waals surface area contributed by atoms with Crippen molar-refractivity contribution in [3.63, 3.8) is 0 Å². The number of hydrogen-bond donors (Lipinski definition) is 3. The minimum atomic E-state index is 0.160. The summed E-state index contributed by atoms with van der Waals surface area (Å²) < 4.78 is 0. The fraction of sp³-hybridized carbons (Fsp3) is 0.167. The minimum absolute atomic E-state index is 0.160. The molecule has 0 aliphatic rings. The number of aromatic nitrogens is 6. The van der Waals surface area contributed by atoms with E-state index in [1.165, 1.54) is 23.5 Å². The van der Waals surface area contributed by atoms with Crippen molar-refractivity contribution in [3.05, 3.63) is 79.0 Å². The van der Waals surface area contributed by atoms with Gasteiger partial charge in [0.15, 0.2) is 23.6 Å². The Morgan fingerprint density at radius 1 is 0.780 bits per heavy atom. The van der Waals surface area contributed by atoms with Gasteiger partial charge < -0.3 is 15.8 Å². The zero-order valence-electron chi connectivity index (χ0n) is 21.3. The monoisotopic (exact) mass is 671 g/mol. The van der Waals surface area contributed by atoms with Crippen LogP contribution in [0.5, 0.6) is 0 Å². The fourth-order valence-electron chi connectivity index (χ4n) is 2.98. The molecule has 4 aromatic rings. The topological polar surface area (TPSA) is 151 Å². The highest BCUT2D eigenvalue weighted by molar-refractivity contribution is 7.98. The van der Waals surface area contributed by atoms with Gasteiger partial charge in [-0.3, -0.25) is 4.79 Å². The highest BCUT2D eigenvalue weighted by atomic mass is 35.5. The molecule has 0 saturated carbocycles. The predicted octanol–water partition coefficient (Wildman–Crippen LogP) is 6.65. The first-order valence-corrected chi connectivity index (χ1v) is 15.3. The van der Waals surface area contributed by atoms with Gasteiger partial charge in [-0.1, -0.05) is 87.2 Å². The maximum Gasteiger partial charge on any atom is 0.210 e. The van der Waals surface area contributed by atoms with Crippen molar-refractivity contribution < 1.29 is 10.0 Å². The molecule has 3 N–H and O–H groups in total. The van der Waals surface area contributed by atoms with Crippen molar-refractivity contribution in [3.8, 4) is 0 Å². The number of carbonyl (C=O) groups excluding carboxylic acids is 1. The highest BCUT2D eigenvalue weighted by Gasteiger charge is 2.10. The van der Waals surface area contributed by atoms with Gasteiger partial charge in [-0.2, -0.15) is 0 Å². The molecule has 0 bridgehead atoms. The van der Waals surface area contributed by atoms with Crippen LogP contribution in [0.2, 0.25) is 20.1 Å². The van der Waals surface area contributed by atoms with E-state index in [4.69, 9.17) is 51.6 Å². The van der Waals surface area contributed by atoms with E-state index in [0.29, 0.717) is 67.1 Å². The number of thioether (sulfide) groups is 2. The number of benzene rings is 2. The highest BCUT2D eigenvalue weighted by Crippen LogP contribution is 2.24. The lowest BCUT2D eigenvalue weighted by Crippen LogP contribution is -2.08. The molecule has 41 heavy (non-hydrogen) atoms. The lowest BCUT2D eigenvalue weighted by Gasteiger charge is -2.09. The fourth-order valence-corrected chi connectivity index (χ4v) is 4.54. The third-order valence-corrected chi connectivity index (χ3v) is 7.22. The molecule has 11 nitrogen and oxygen atoms in total. The number of oxime groups is 1. The summed E-state index contributed by atoms with van der Waals surface area (Å²) >= 11 is 26.6. The molecular weight excluding hydrogens is 652 g/mol. The van der Waals surface area contributed by atoms with Crippen LogP contribution in [-0.4, -0.2) is 60.6 Å². The summed E-state index contributed by atoms with van der Waals surface area (Å²) in [4.78, 5) is 19.4. The molecule has 0 fully saturated rings. The van der Waals surface area contributed by atoms with Gasteiger partial charge in [0.05, 0.1) is 6.21 Å². The third-order valence-electron chi connectivity index (χ3n) is 4.97. The second-order valence-corrected chi connectivity index (χ2v) is 10.8. The molecule has 0 atom stereocenters. The van der Waals surface area contributed by atoms with E-state index in [9.17, 15) is 4.79 Å². The van der Waals surface area contributed by atoms with Crippen molar-refractivity contribution in [2.24, 2.45) is 5.16 Å². The first kappa shape index (κ1) is 32.6. The second-order valence-electron chi connectivity index (χ2n) is 7.61. The van der Waals surface area contributed by atoms with Crippen LogP contribution in [0.1, 0.15) is 27.3 Å². The Morgan fingerprint density at radius 3 is 1.66 bits per heavy atom. The molecule has 2 heterocycles. The standard InChI is InChI=1S/C12H11Cl2N5OS.C12H10Cl2N4OS/c1-21-12-17-11(10(6-16-20)18-19-12)15-5-7-2-3-8(13)4-9(7)14;1-20-12-16-11(10(6-19)17-18-12)15-5-7-2-3-8(13)4-9(7)14/h2-4,6,20H,5H2,1H3,(H,15,17,19);2-4,6H,5H2,1H3,(H,15,16,18)/b16-6+;. The maximum absolute atomic E-state index is 10.9. The Morgan fingerprint density at radius 2 is 1.24 bits per heavy atom. The number of nitrogens with one attached hydrogen (secondary N) is 2. The van der Waals surface area contributed by atoms with Crippen LogP contribution in [0.15, 0.2) is 51.9 Å². The number of nitrogens with zero attached hydrogens (tertiary/aromatic N) is 7. The van der Waals surface area contributed by atoms with Crippen LogP contribution in [0, 0.1) is 0 Å². The minimum Gasteiger partial charge on any atom is -0.411 e. The zero-order chi connectivity index (χ0) is 29.8. The molecule has 4 rings (SSSR count). The van der Waals surface area contributed by atoms with E-state index in [0.717, 1.165) is 17.3 Å². The van der Waals surface area contributed by atoms with E-state index in [-0.39, 0.29) is 5.69 Å². The zero-order valence-corrected chi connectivity index (χ0v) is 26.0. The normalized spacial score (nSPS) is 10.7. The van der Waals surface area contributed by atoms with E-state index in [1.54, 1.807) is 24.3 Å². The summed E-state index contributed by atoms with van der Waals surface area (Å²) in [5.41, 5.74) is 2.20. The van der Waals surface area contributed by atoms with Crippen molar-refractivity contribution in [2.45, 2.75) is 23.4 Å². The molecule has 0 aliphatic heterocycles. The number of hydrogen-bond acceptors (Lipinski definition) is 13. The quantitative estimate of drug-likeness (QED) is 0.0544. The van der Waals surface area contributed by atoms with Crippen LogP contribution in [-0.2, 0) is 13.1 Å². The number of rotatable bonds is 10. The SMILES string of the molecule is CSc1nnc(/C=N/O)c(NCc2ccc(Cl)cc2Cl)n1.CSc1nnc(C=O)c(NCc2ccc(Cl)cc2Cl)n1. The van der Waals surface area contributed by atoms with Crippen LogP contribution in [0.25, 0.3) is 0 Å². The Labute approximate surface area is 263 Å². The largest absolute Gasteiger partial charge is 0.411 e. The number of anilines is 2. The van der Waals surface area contributed by atoms with E-state index in [2.05, 4.69) is 46.2 Å². The Bertz CT molecular complexity index is 1530. The molecule has 0 saturated heterocycles. The smallest absolute Gasteiger partial charge is 0.210 e. The molecule has 0 radical (unpaired) electrons.